The van der Waals surface area contributed by atoms with Gasteiger partial charge in [-0.1, -0.05) is 0 Å². The van der Waals surface area contributed by atoms with Crippen LogP contribution in [0.3, 0.4) is 0 Å². The van der Waals surface area contributed by atoms with Crippen LogP contribution < -0.4 is 5.32 Å². The average Bonchev–Trinajstić information content (AvgIpc) is 2.26. The van der Waals surface area contributed by atoms with Crippen molar-refractivity contribution in [1.82, 2.24) is 5.32 Å². The third-order valence-electron chi connectivity index (χ3n) is 2.86. The number of hydrogen-bond donors (Lipinski definition) is 2. The number of phenolic OH excluding ortho intramolecular Hbond substituents is 1. The summed E-state index contributed by atoms with van der Waals surface area (Å²) in [7, 11) is 0. The number of phenols is 1. The molecular weight excluding hydrogens is 200 g/mol. The second-order valence-corrected chi connectivity index (χ2v) is 3.82. The molecule has 1 fully saturated rings. The highest BCUT2D eigenvalue weighted by molar-refractivity contribution is 5.38. The maximum Gasteiger partial charge on any atom is 0.165 e. The van der Waals surface area contributed by atoms with Crippen molar-refractivity contribution in [2.45, 2.75) is 18.8 Å². The Balaban J connectivity index is 2.36. The van der Waals surface area contributed by atoms with E-state index in [9.17, 15) is 13.9 Å². The molecule has 0 amide bonds. The number of aromatic hydroxyl groups is 1. The van der Waals surface area contributed by atoms with Crippen LogP contribution in [0, 0.1) is 11.6 Å². The maximum atomic E-state index is 13.5. The Morgan fingerprint density at radius 2 is 1.73 bits per heavy atom. The Morgan fingerprint density at radius 3 is 2.40 bits per heavy atom. The van der Waals surface area contributed by atoms with Crippen LogP contribution in [-0.4, -0.2) is 18.2 Å². The molecule has 0 unspecified atom stereocenters. The molecule has 4 heteroatoms. The largest absolute Gasteiger partial charge is 0.505 e. The standard InChI is InChI=1S/C11H13F2NO/c12-8-1-2-9(13)11(15)10(8)7-3-5-14-6-4-7/h1-2,7,14-15H,3-6H2. The Labute approximate surface area is 86.9 Å². The molecule has 0 aliphatic carbocycles. The summed E-state index contributed by atoms with van der Waals surface area (Å²) in [6.45, 7) is 1.56. The number of rotatable bonds is 1. The molecule has 1 aromatic carbocycles. The van der Waals surface area contributed by atoms with Crippen molar-refractivity contribution in [2.75, 3.05) is 13.1 Å². The van der Waals surface area contributed by atoms with Gasteiger partial charge >= 0.3 is 0 Å². The number of benzene rings is 1. The van der Waals surface area contributed by atoms with Gasteiger partial charge in [0.25, 0.3) is 0 Å². The van der Waals surface area contributed by atoms with E-state index in [0.29, 0.717) is 0 Å². The van der Waals surface area contributed by atoms with Crippen molar-refractivity contribution in [2.24, 2.45) is 0 Å². The number of hydrogen-bond acceptors (Lipinski definition) is 2. The first-order valence-electron chi connectivity index (χ1n) is 5.07. The van der Waals surface area contributed by atoms with Crippen molar-refractivity contribution in [3.05, 3.63) is 29.3 Å². The molecular formula is C11H13F2NO. The van der Waals surface area contributed by atoms with Crippen molar-refractivity contribution in [3.8, 4) is 5.75 Å². The molecule has 15 heavy (non-hydrogen) atoms. The van der Waals surface area contributed by atoms with Gasteiger partial charge in [-0.25, -0.2) is 8.78 Å². The molecule has 0 saturated carbocycles. The minimum atomic E-state index is -0.745. The predicted octanol–water partition coefficient (Wildman–Crippen LogP) is 2.14. The van der Waals surface area contributed by atoms with Gasteiger partial charge in [0, 0.05) is 5.56 Å². The van der Waals surface area contributed by atoms with Gasteiger partial charge < -0.3 is 10.4 Å². The van der Waals surface area contributed by atoms with Crippen LogP contribution in [0.25, 0.3) is 0 Å². The summed E-state index contributed by atoms with van der Waals surface area (Å²) in [5, 5.41) is 12.6. The SMILES string of the molecule is Oc1c(F)ccc(F)c1C1CCNCC1. The molecule has 2 N–H and O–H groups in total. The van der Waals surface area contributed by atoms with E-state index >= 15 is 0 Å². The van der Waals surface area contributed by atoms with Crippen molar-refractivity contribution in [3.63, 3.8) is 0 Å². The Bertz CT molecular complexity index is 362. The summed E-state index contributed by atoms with van der Waals surface area (Å²) in [6, 6.07) is 2.03. The lowest BCUT2D eigenvalue weighted by Gasteiger charge is -2.24. The van der Waals surface area contributed by atoms with E-state index in [1.807, 2.05) is 0 Å². The smallest absolute Gasteiger partial charge is 0.165 e. The minimum Gasteiger partial charge on any atom is -0.505 e. The lowest BCUT2D eigenvalue weighted by Crippen LogP contribution is -2.27. The molecule has 2 rings (SSSR count). The average molecular weight is 213 g/mol. The van der Waals surface area contributed by atoms with Gasteiger partial charge in [0.1, 0.15) is 5.82 Å². The van der Waals surface area contributed by atoms with E-state index < -0.39 is 17.4 Å². The van der Waals surface area contributed by atoms with E-state index in [1.165, 1.54) is 0 Å². The molecule has 0 aromatic heterocycles. The molecule has 0 bridgehead atoms. The molecule has 82 valence electrons. The summed E-state index contributed by atoms with van der Waals surface area (Å²) in [6.07, 6.45) is 1.46. The van der Waals surface area contributed by atoms with Gasteiger partial charge in [0.15, 0.2) is 11.6 Å². The number of piperidine rings is 1. The molecule has 0 radical (unpaired) electrons. The molecule has 1 aliphatic rings. The third kappa shape index (κ3) is 1.95. The quantitative estimate of drug-likeness (QED) is 0.749. The van der Waals surface area contributed by atoms with E-state index in [4.69, 9.17) is 0 Å². The van der Waals surface area contributed by atoms with Crippen LogP contribution in [0.1, 0.15) is 24.3 Å². The molecule has 1 heterocycles. The first-order chi connectivity index (χ1) is 7.20. The number of nitrogens with one attached hydrogen (secondary N) is 1. The van der Waals surface area contributed by atoms with Crippen LogP contribution in [-0.2, 0) is 0 Å². The molecule has 1 aromatic rings. The first-order valence-corrected chi connectivity index (χ1v) is 5.07. The van der Waals surface area contributed by atoms with Crippen LogP contribution in [0.15, 0.2) is 12.1 Å². The summed E-state index contributed by atoms with van der Waals surface area (Å²) < 4.78 is 26.5. The van der Waals surface area contributed by atoms with E-state index in [2.05, 4.69) is 5.32 Å². The molecule has 0 atom stereocenters. The van der Waals surface area contributed by atoms with E-state index in [-0.39, 0.29) is 11.5 Å². The van der Waals surface area contributed by atoms with Crippen molar-refractivity contribution in [1.29, 1.82) is 0 Å². The second-order valence-electron chi connectivity index (χ2n) is 3.82. The van der Waals surface area contributed by atoms with E-state index in [0.717, 1.165) is 38.1 Å². The summed E-state index contributed by atoms with van der Waals surface area (Å²) >= 11 is 0. The molecule has 1 saturated heterocycles. The zero-order valence-electron chi connectivity index (χ0n) is 8.26. The Morgan fingerprint density at radius 1 is 1.13 bits per heavy atom. The normalized spacial score (nSPS) is 18.0. The van der Waals surface area contributed by atoms with Gasteiger partial charge in [-0.05, 0) is 44.0 Å². The fourth-order valence-corrected chi connectivity index (χ4v) is 2.06. The minimum absolute atomic E-state index is 0.0815. The van der Waals surface area contributed by atoms with Gasteiger partial charge in [0.05, 0.1) is 0 Å². The second kappa shape index (κ2) is 4.14. The van der Waals surface area contributed by atoms with Gasteiger partial charge in [-0.3, -0.25) is 0 Å². The Hall–Kier alpha value is -1.16. The molecule has 0 spiro atoms. The molecule has 2 nitrogen and oxygen atoms in total. The maximum absolute atomic E-state index is 13.5. The van der Waals surface area contributed by atoms with Crippen LogP contribution in [0.2, 0.25) is 0 Å². The highest BCUT2D eigenvalue weighted by Gasteiger charge is 2.23. The van der Waals surface area contributed by atoms with Gasteiger partial charge in [-0.2, -0.15) is 0 Å². The fourth-order valence-electron chi connectivity index (χ4n) is 2.06. The zero-order chi connectivity index (χ0) is 10.8. The fraction of sp³-hybridized carbons (Fsp3) is 0.455. The predicted molar refractivity (Wildman–Crippen MR) is 52.9 cm³/mol. The third-order valence-corrected chi connectivity index (χ3v) is 2.86. The van der Waals surface area contributed by atoms with Crippen molar-refractivity contribution >= 4 is 0 Å². The summed E-state index contributed by atoms with van der Waals surface area (Å²) in [4.78, 5) is 0. The van der Waals surface area contributed by atoms with Crippen molar-refractivity contribution < 1.29 is 13.9 Å². The van der Waals surface area contributed by atoms with Gasteiger partial charge in [-0.15, -0.1) is 0 Å². The monoisotopic (exact) mass is 213 g/mol. The molecule has 1 aliphatic heterocycles. The summed E-state index contributed by atoms with van der Waals surface area (Å²) in [5.74, 6) is -1.87. The first kappa shape index (κ1) is 10.4. The van der Waals surface area contributed by atoms with Crippen LogP contribution in [0.5, 0.6) is 5.75 Å². The van der Waals surface area contributed by atoms with Crippen LogP contribution >= 0.6 is 0 Å². The van der Waals surface area contributed by atoms with E-state index in [1.54, 1.807) is 0 Å². The highest BCUT2D eigenvalue weighted by atomic mass is 19.1. The topological polar surface area (TPSA) is 32.3 Å². The lowest BCUT2D eigenvalue weighted by atomic mass is 9.89. The Kier molecular flexibility index (Phi) is 2.86. The summed E-state index contributed by atoms with van der Waals surface area (Å²) in [5.41, 5.74) is 0.136. The lowest BCUT2D eigenvalue weighted by molar-refractivity contribution is 0.387. The van der Waals surface area contributed by atoms with Crippen LogP contribution in [0.4, 0.5) is 8.78 Å². The van der Waals surface area contributed by atoms with Gasteiger partial charge in [0.2, 0.25) is 0 Å². The zero-order valence-corrected chi connectivity index (χ0v) is 8.26. The number of halogens is 2. The highest BCUT2D eigenvalue weighted by Crippen LogP contribution is 2.35.